The fraction of sp³-hybridized carbons (Fsp3) is 0.0800. The van der Waals surface area contributed by atoms with Gasteiger partial charge in [-0.15, -0.1) is 0 Å². The molecule has 5 rings (SSSR count). The van der Waals surface area contributed by atoms with E-state index in [0.717, 1.165) is 32.4 Å². The summed E-state index contributed by atoms with van der Waals surface area (Å²) < 4.78 is 6.30. The number of aromatic nitrogens is 2. The van der Waals surface area contributed by atoms with Crippen molar-refractivity contribution in [3.63, 3.8) is 0 Å². The second-order valence-electron chi connectivity index (χ2n) is 7.07. The van der Waals surface area contributed by atoms with Gasteiger partial charge in [0.2, 0.25) is 0 Å². The van der Waals surface area contributed by atoms with Gasteiger partial charge in [-0.1, -0.05) is 53.8 Å². The Labute approximate surface area is 183 Å². The summed E-state index contributed by atoms with van der Waals surface area (Å²) in [5.74, 6) is 0.660. The van der Waals surface area contributed by atoms with E-state index < -0.39 is 0 Å². The summed E-state index contributed by atoms with van der Waals surface area (Å²) in [7, 11) is 1.64. The number of hydrogen-bond acceptors (Lipinski definition) is 5. The zero-order valence-corrected chi connectivity index (χ0v) is 17.7. The molecule has 5 aromatic rings. The van der Waals surface area contributed by atoms with Crippen LogP contribution in [0.5, 0.6) is 5.75 Å². The second-order valence-corrected chi connectivity index (χ2v) is 8.08. The fourth-order valence-electron chi connectivity index (χ4n) is 3.57. The molecule has 6 heteroatoms. The fourth-order valence-corrected chi connectivity index (χ4v) is 4.56. The number of fused-ring (bicyclic) bond motifs is 2. The summed E-state index contributed by atoms with van der Waals surface area (Å²) in [6.45, 7) is 0.333. The molecular formula is C25H19N3O2S. The number of ether oxygens (including phenoxy) is 1. The van der Waals surface area contributed by atoms with Crippen LogP contribution in [-0.4, -0.2) is 23.0 Å². The molecule has 3 aromatic carbocycles. The van der Waals surface area contributed by atoms with Crippen LogP contribution in [0.3, 0.4) is 0 Å². The topological polar surface area (TPSA) is 55.3 Å². The van der Waals surface area contributed by atoms with E-state index >= 15 is 0 Å². The van der Waals surface area contributed by atoms with Gasteiger partial charge in [0.1, 0.15) is 5.75 Å². The van der Waals surface area contributed by atoms with Crippen LogP contribution in [0.15, 0.2) is 85.1 Å². The molecule has 0 radical (unpaired) electrons. The molecule has 1 amide bonds. The lowest BCUT2D eigenvalue weighted by molar-refractivity contribution is 0.0986. The average molecular weight is 426 g/mol. The molecule has 0 bridgehead atoms. The summed E-state index contributed by atoms with van der Waals surface area (Å²) in [5.41, 5.74) is 2.27. The second kappa shape index (κ2) is 8.16. The molecule has 0 aliphatic heterocycles. The van der Waals surface area contributed by atoms with Crippen molar-refractivity contribution in [3.05, 3.63) is 96.3 Å². The molecule has 0 atom stereocenters. The van der Waals surface area contributed by atoms with Crippen molar-refractivity contribution in [2.75, 3.05) is 12.0 Å². The number of methoxy groups -OCH3 is 1. The van der Waals surface area contributed by atoms with Gasteiger partial charge in [0.05, 0.1) is 29.6 Å². The first-order valence-corrected chi connectivity index (χ1v) is 10.7. The first-order valence-electron chi connectivity index (χ1n) is 9.87. The molecule has 0 aliphatic rings. The number of nitrogens with zero attached hydrogens (tertiary/aromatic N) is 3. The number of pyridine rings is 1. The third-order valence-corrected chi connectivity index (χ3v) is 6.17. The van der Waals surface area contributed by atoms with Gasteiger partial charge in [-0.25, -0.2) is 4.98 Å². The Morgan fingerprint density at radius 2 is 1.84 bits per heavy atom. The van der Waals surface area contributed by atoms with E-state index in [1.807, 2.05) is 78.9 Å². The molecule has 0 unspecified atom stereocenters. The van der Waals surface area contributed by atoms with Crippen molar-refractivity contribution < 1.29 is 9.53 Å². The SMILES string of the molecule is COc1ccc2nc(N(Cc3ccccn3)C(=O)c3cccc4ccccc34)sc2c1. The predicted octanol–water partition coefficient (Wildman–Crippen LogP) is 5.70. The van der Waals surface area contributed by atoms with Gasteiger partial charge in [-0.2, -0.15) is 0 Å². The number of carbonyl (C=O) groups excluding carboxylic acids is 1. The Morgan fingerprint density at radius 1 is 1.00 bits per heavy atom. The van der Waals surface area contributed by atoms with Crippen LogP contribution >= 0.6 is 11.3 Å². The Bertz CT molecular complexity index is 1380. The number of amides is 1. The minimum atomic E-state index is -0.103. The summed E-state index contributed by atoms with van der Waals surface area (Å²) >= 11 is 1.47. The zero-order chi connectivity index (χ0) is 21.2. The van der Waals surface area contributed by atoms with Gasteiger partial charge in [0, 0.05) is 11.8 Å². The number of carbonyl (C=O) groups is 1. The maximum absolute atomic E-state index is 13.8. The van der Waals surface area contributed by atoms with Crippen molar-refractivity contribution in [2.24, 2.45) is 0 Å². The molecule has 2 aromatic heterocycles. The normalized spacial score (nSPS) is 11.0. The van der Waals surface area contributed by atoms with Crippen LogP contribution in [0.2, 0.25) is 0 Å². The Morgan fingerprint density at radius 3 is 2.68 bits per heavy atom. The van der Waals surface area contributed by atoms with Crippen molar-refractivity contribution in [3.8, 4) is 5.75 Å². The van der Waals surface area contributed by atoms with E-state index in [1.165, 1.54) is 11.3 Å². The van der Waals surface area contributed by atoms with Crippen LogP contribution in [0.25, 0.3) is 21.0 Å². The third kappa shape index (κ3) is 3.73. The van der Waals surface area contributed by atoms with E-state index in [-0.39, 0.29) is 5.91 Å². The molecule has 0 N–H and O–H groups in total. The molecule has 0 fully saturated rings. The standard InChI is InChI=1S/C25H19N3O2S/c1-30-19-12-13-22-23(15-19)31-25(27-22)28(16-18-9-4-5-14-26-18)24(29)21-11-6-8-17-7-2-3-10-20(17)21/h2-15H,16H2,1H3. The monoisotopic (exact) mass is 425 g/mol. The summed E-state index contributed by atoms with van der Waals surface area (Å²) in [4.78, 5) is 24.7. The molecule has 31 heavy (non-hydrogen) atoms. The number of rotatable bonds is 5. The van der Waals surface area contributed by atoms with E-state index in [2.05, 4.69) is 4.98 Å². The van der Waals surface area contributed by atoms with Gasteiger partial charge in [0.15, 0.2) is 5.13 Å². The first-order chi connectivity index (χ1) is 15.2. The smallest absolute Gasteiger partial charge is 0.261 e. The van der Waals surface area contributed by atoms with Crippen molar-refractivity contribution >= 4 is 43.4 Å². The van der Waals surface area contributed by atoms with Crippen molar-refractivity contribution in [1.82, 2.24) is 9.97 Å². The molecule has 0 aliphatic carbocycles. The van der Waals surface area contributed by atoms with Gasteiger partial charge >= 0.3 is 0 Å². The maximum atomic E-state index is 13.8. The lowest BCUT2D eigenvalue weighted by Gasteiger charge is -2.20. The molecule has 5 nitrogen and oxygen atoms in total. The Hall–Kier alpha value is -3.77. The van der Waals surface area contributed by atoms with E-state index in [1.54, 1.807) is 18.2 Å². The van der Waals surface area contributed by atoms with Gasteiger partial charge in [-0.3, -0.25) is 14.7 Å². The minimum absolute atomic E-state index is 0.103. The van der Waals surface area contributed by atoms with Crippen molar-refractivity contribution in [2.45, 2.75) is 6.54 Å². The highest BCUT2D eigenvalue weighted by Gasteiger charge is 2.23. The highest BCUT2D eigenvalue weighted by atomic mass is 32.1. The summed E-state index contributed by atoms with van der Waals surface area (Å²) in [6, 6.07) is 25.1. The third-order valence-electron chi connectivity index (χ3n) is 5.13. The molecule has 0 spiro atoms. The highest BCUT2D eigenvalue weighted by molar-refractivity contribution is 7.22. The van der Waals surface area contributed by atoms with E-state index in [0.29, 0.717) is 17.2 Å². The summed E-state index contributed by atoms with van der Waals surface area (Å²) in [5, 5.41) is 2.58. The van der Waals surface area contributed by atoms with Crippen molar-refractivity contribution in [1.29, 1.82) is 0 Å². The first kappa shape index (κ1) is 19.2. The largest absolute Gasteiger partial charge is 0.497 e. The number of hydrogen-bond donors (Lipinski definition) is 0. The molecule has 2 heterocycles. The Kier molecular flexibility index (Phi) is 5.06. The lowest BCUT2D eigenvalue weighted by atomic mass is 10.0. The highest BCUT2D eigenvalue weighted by Crippen LogP contribution is 2.33. The van der Waals surface area contributed by atoms with E-state index in [4.69, 9.17) is 9.72 Å². The van der Waals surface area contributed by atoms with Crippen LogP contribution in [0.1, 0.15) is 16.1 Å². The van der Waals surface area contributed by atoms with E-state index in [9.17, 15) is 4.79 Å². The Balaban J connectivity index is 1.62. The van der Waals surface area contributed by atoms with Crippen LogP contribution in [0.4, 0.5) is 5.13 Å². The lowest BCUT2D eigenvalue weighted by Crippen LogP contribution is -2.30. The predicted molar refractivity (Wildman–Crippen MR) is 125 cm³/mol. The van der Waals surface area contributed by atoms with Crippen LogP contribution < -0.4 is 9.64 Å². The molecular weight excluding hydrogens is 406 g/mol. The van der Waals surface area contributed by atoms with Crippen LogP contribution in [-0.2, 0) is 6.54 Å². The van der Waals surface area contributed by atoms with Gasteiger partial charge in [-0.05, 0) is 47.2 Å². The average Bonchev–Trinajstić information content (AvgIpc) is 3.25. The van der Waals surface area contributed by atoms with Gasteiger partial charge < -0.3 is 4.74 Å². The van der Waals surface area contributed by atoms with Crippen LogP contribution in [0, 0.1) is 0 Å². The minimum Gasteiger partial charge on any atom is -0.497 e. The maximum Gasteiger partial charge on any atom is 0.261 e. The quantitative estimate of drug-likeness (QED) is 0.362. The summed E-state index contributed by atoms with van der Waals surface area (Å²) in [6.07, 6.45) is 1.74. The zero-order valence-electron chi connectivity index (χ0n) is 16.9. The molecule has 0 saturated heterocycles. The number of anilines is 1. The number of thiazole rings is 1. The molecule has 152 valence electrons. The van der Waals surface area contributed by atoms with Gasteiger partial charge in [0.25, 0.3) is 5.91 Å². The molecule has 0 saturated carbocycles. The number of benzene rings is 3.